The van der Waals surface area contributed by atoms with Crippen LogP contribution in [-0.4, -0.2) is 48.0 Å². The van der Waals surface area contributed by atoms with Gasteiger partial charge in [-0.1, -0.05) is 0 Å². The van der Waals surface area contributed by atoms with Gasteiger partial charge in [-0.3, -0.25) is 9.97 Å². The zero-order chi connectivity index (χ0) is 15.9. The largest absolute Gasteiger partial charge is 0.383 e. The van der Waals surface area contributed by atoms with Crippen molar-refractivity contribution >= 4 is 12.2 Å². The van der Waals surface area contributed by atoms with Gasteiger partial charge in [-0.15, -0.1) is 0 Å². The summed E-state index contributed by atoms with van der Waals surface area (Å²) >= 11 is 0. The highest BCUT2D eigenvalue weighted by molar-refractivity contribution is 5.63. The zero-order valence-electron chi connectivity index (χ0n) is 13.6. The van der Waals surface area contributed by atoms with Crippen molar-refractivity contribution in [1.29, 1.82) is 0 Å². The van der Waals surface area contributed by atoms with E-state index >= 15 is 0 Å². The Morgan fingerprint density at radius 1 is 0.727 bits per heavy atom. The first-order valence-corrected chi connectivity index (χ1v) is 7.16. The van der Waals surface area contributed by atoms with E-state index in [4.69, 9.17) is 0 Å². The van der Waals surface area contributed by atoms with Gasteiger partial charge in [-0.25, -0.2) is 0 Å². The number of hydrogen-bond acceptors (Lipinski definition) is 4. The number of nitrogens with zero attached hydrogens (tertiary/aromatic N) is 4. The van der Waals surface area contributed by atoms with E-state index in [0.29, 0.717) is 0 Å². The van der Waals surface area contributed by atoms with Crippen LogP contribution in [0.2, 0.25) is 0 Å². The molecular weight excluding hydrogens is 272 g/mol. The van der Waals surface area contributed by atoms with Crippen molar-refractivity contribution in [2.75, 3.05) is 28.2 Å². The van der Waals surface area contributed by atoms with Crippen LogP contribution < -0.4 is 0 Å². The maximum atomic E-state index is 4.43. The Morgan fingerprint density at radius 3 is 1.50 bits per heavy atom. The lowest BCUT2D eigenvalue weighted by Gasteiger charge is -2.06. The molecule has 2 heterocycles. The average Bonchev–Trinajstić information content (AvgIpc) is 2.51. The number of rotatable bonds is 5. The third-order valence-corrected chi connectivity index (χ3v) is 2.96. The molecule has 0 aliphatic carbocycles. The highest BCUT2D eigenvalue weighted by atomic mass is 15.0. The molecule has 0 aliphatic rings. The Bertz CT molecular complexity index is 613. The van der Waals surface area contributed by atoms with Crippen molar-refractivity contribution in [2.45, 2.75) is 0 Å². The summed E-state index contributed by atoms with van der Waals surface area (Å²) in [6.45, 7) is 0. The first-order chi connectivity index (χ1) is 10.5. The quantitative estimate of drug-likeness (QED) is 0.847. The third-order valence-electron chi connectivity index (χ3n) is 2.96. The lowest BCUT2D eigenvalue weighted by Crippen LogP contribution is -2.00. The van der Waals surface area contributed by atoms with Gasteiger partial charge in [0.05, 0.1) is 11.4 Å². The van der Waals surface area contributed by atoms with Gasteiger partial charge in [-0.2, -0.15) is 0 Å². The maximum absolute atomic E-state index is 4.43. The van der Waals surface area contributed by atoms with Crippen molar-refractivity contribution < 1.29 is 0 Å². The average molecular weight is 294 g/mol. The molecule has 0 N–H and O–H groups in total. The van der Waals surface area contributed by atoms with Crippen molar-refractivity contribution in [2.24, 2.45) is 0 Å². The molecule has 0 radical (unpaired) electrons. The summed E-state index contributed by atoms with van der Waals surface area (Å²) in [5.41, 5.74) is 3.96. The van der Waals surface area contributed by atoms with Crippen LogP contribution in [0.25, 0.3) is 23.5 Å². The van der Waals surface area contributed by atoms with Crippen LogP contribution in [0, 0.1) is 0 Å². The fourth-order valence-electron chi connectivity index (χ4n) is 1.85. The van der Waals surface area contributed by atoms with Crippen LogP contribution in [0.15, 0.2) is 49.1 Å². The lowest BCUT2D eigenvalue weighted by molar-refractivity contribution is 0.567. The normalized spacial score (nSPS) is 11.3. The highest BCUT2D eigenvalue weighted by Gasteiger charge is 2.02. The van der Waals surface area contributed by atoms with Gasteiger partial charge in [0, 0.05) is 40.6 Å². The zero-order valence-corrected chi connectivity index (χ0v) is 13.6. The molecule has 0 saturated carbocycles. The molecule has 4 heteroatoms. The molecule has 22 heavy (non-hydrogen) atoms. The summed E-state index contributed by atoms with van der Waals surface area (Å²) in [6, 6.07) is 8.06. The van der Waals surface area contributed by atoms with Crippen LogP contribution in [0.4, 0.5) is 0 Å². The molecule has 0 fully saturated rings. The van der Waals surface area contributed by atoms with E-state index in [-0.39, 0.29) is 0 Å². The van der Waals surface area contributed by atoms with E-state index in [0.717, 1.165) is 22.5 Å². The summed E-state index contributed by atoms with van der Waals surface area (Å²) in [5, 5.41) is 0. The Kier molecular flexibility index (Phi) is 5.31. The Balaban J connectivity index is 2.28. The summed E-state index contributed by atoms with van der Waals surface area (Å²) in [6.07, 6.45) is 11.8. The van der Waals surface area contributed by atoms with Gasteiger partial charge in [0.25, 0.3) is 0 Å². The second kappa shape index (κ2) is 7.41. The Hall–Kier alpha value is -2.62. The van der Waals surface area contributed by atoms with Gasteiger partial charge >= 0.3 is 0 Å². The lowest BCUT2D eigenvalue weighted by atomic mass is 10.1. The van der Waals surface area contributed by atoms with Crippen LogP contribution in [0.3, 0.4) is 0 Å². The first kappa shape index (κ1) is 15.8. The fraction of sp³-hybridized carbons (Fsp3) is 0.222. The molecule has 0 unspecified atom stereocenters. The van der Waals surface area contributed by atoms with Crippen LogP contribution in [0.1, 0.15) is 11.1 Å². The molecule has 0 atom stereocenters. The minimum absolute atomic E-state index is 0.876. The monoisotopic (exact) mass is 294 g/mol. The van der Waals surface area contributed by atoms with Crippen molar-refractivity contribution in [1.82, 2.24) is 19.8 Å². The molecule has 4 nitrogen and oxygen atoms in total. The van der Waals surface area contributed by atoms with Gasteiger partial charge < -0.3 is 9.80 Å². The molecule has 0 bridgehead atoms. The molecule has 0 spiro atoms. The van der Waals surface area contributed by atoms with Crippen LogP contribution in [0.5, 0.6) is 0 Å². The fourth-order valence-corrected chi connectivity index (χ4v) is 1.85. The van der Waals surface area contributed by atoms with E-state index in [1.54, 1.807) is 0 Å². The standard InChI is InChI=1S/C18H22N4/c1-21(2)11-7-15-5-9-19-17(13-15)18-14-16(6-10-20-18)8-12-22(3)4/h5-14H,1-4H3/b11-7-,12-8-. The highest BCUT2D eigenvalue weighted by Crippen LogP contribution is 2.18. The van der Waals surface area contributed by atoms with Gasteiger partial charge in [0.1, 0.15) is 0 Å². The summed E-state index contributed by atoms with van der Waals surface area (Å²) in [5.74, 6) is 0. The predicted octanol–water partition coefficient (Wildman–Crippen LogP) is 3.21. The molecular formula is C18H22N4. The number of hydrogen-bond donors (Lipinski definition) is 0. The van der Waals surface area contributed by atoms with Crippen molar-refractivity contribution in [3.05, 3.63) is 60.2 Å². The van der Waals surface area contributed by atoms with E-state index in [1.807, 2.05) is 87.0 Å². The summed E-state index contributed by atoms with van der Waals surface area (Å²) < 4.78 is 0. The molecule has 2 rings (SSSR count). The number of pyridine rings is 2. The minimum atomic E-state index is 0.876. The van der Waals surface area contributed by atoms with Gasteiger partial charge in [0.2, 0.25) is 0 Å². The minimum Gasteiger partial charge on any atom is -0.383 e. The van der Waals surface area contributed by atoms with Crippen molar-refractivity contribution in [3.63, 3.8) is 0 Å². The molecule has 2 aromatic rings. The summed E-state index contributed by atoms with van der Waals surface area (Å²) in [7, 11) is 8.00. The number of aromatic nitrogens is 2. The topological polar surface area (TPSA) is 32.3 Å². The smallest absolute Gasteiger partial charge is 0.0892 e. The Labute approximate surface area is 132 Å². The Morgan fingerprint density at radius 2 is 1.14 bits per heavy atom. The van der Waals surface area contributed by atoms with Gasteiger partial charge in [-0.05, 0) is 59.9 Å². The van der Waals surface area contributed by atoms with E-state index in [9.17, 15) is 0 Å². The first-order valence-electron chi connectivity index (χ1n) is 7.16. The molecule has 0 amide bonds. The molecule has 0 aliphatic heterocycles. The SMILES string of the molecule is CN(C)/C=C\c1ccnc(-c2cc(/C=C\N(C)C)ccn2)c1. The second-order valence-electron chi connectivity index (χ2n) is 5.51. The van der Waals surface area contributed by atoms with E-state index in [1.165, 1.54) is 0 Å². The molecule has 0 aromatic carbocycles. The van der Waals surface area contributed by atoms with Crippen molar-refractivity contribution in [3.8, 4) is 11.4 Å². The summed E-state index contributed by atoms with van der Waals surface area (Å²) in [4.78, 5) is 12.9. The molecule has 114 valence electrons. The van der Waals surface area contributed by atoms with E-state index < -0.39 is 0 Å². The second-order valence-corrected chi connectivity index (χ2v) is 5.51. The molecule has 0 saturated heterocycles. The van der Waals surface area contributed by atoms with E-state index in [2.05, 4.69) is 22.1 Å². The third kappa shape index (κ3) is 4.74. The van der Waals surface area contributed by atoms with Crippen LogP contribution >= 0.6 is 0 Å². The predicted molar refractivity (Wildman–Crippen MR) is 92.9 cm³/mol. The van der Waals surface area contributed by atoms with Gasteiger partial charge in [0.15, 0.2) is 0 Å². The molecule has 2 aromatic heterocycles. The maximum Gasteiger partial charge on any atom is 0.0892 e. The van der Waals surface area contributed by atoms with Crippen LogP contribution in [-0.2, 0) is 0 Å².